The van der Waals surface area contributed by atoms with Crippen molar-refractivity contribution in [2.75, 3.05) is 6.61 Å². The minimum absolute atomic E-state index is 0.0519. The van der Waals surface area contributed by atoms with E-state index in [9.17, 15) is 4.79 Å². The summed E-state index contributed by atoms with van der Waals surface area (Å²) < 4.78 is 5.70. The second-order valence-electron chi connectivity index (χ2n) is 4.56. The average molecular weight is 266 g/mol. The lowest BCUT2D eigenvalue weighted by Gasteiger charge is -2.08. The first-order chi connectivity index (χ1) is 9.72. The number of benzene rings is 1. The molecule has 1 aliphatic carbocycles. The number of ketones is 1. The number of allylic oxidation sites excluding steroid dienone is 1. The van der Waals surface area contributed by atoms with Crippen molar-refractivity contribution in [1.82, 2.24) is 9.97 Å². The normalized spacial score (nSPS) is 13.6. The monoisotopic (exact) mass is 266 g/mol. The van der Waals surface area contributed by atoms with E-state index in [1.807, 2.05) is 38.1 Å². The van der Waals surface area contributed by atoms with Crippen molar-refractivity contribution in [2.45, 2.75) is 13.8 Å². The third-order valence-corrected chi connectivity index (χ3v) is 3.17. The van der Waals surface area contributed by atoms with Crippen molar-refractivity contribution in [3.8, 4) is 0 Å². The van der Waals surface area contributed by atoms with Gasteiger partial charge in [-0.1, -0.05) is 24.3 Å². The number of carbonyl (C=O) groups is 1. The van der Waals surface area contributed by atoms with Crippen LogP contribution in [0.15, 0.2) is 36.7 Å². The molecule has 4 nitrogen and oxygen atoms in total. The Morgan fingerprint density at radius 3 is 2.60 bits per heavy atom. The van der Waals surface area contributed by atoms with Crippen LogP contribution in [0.2, 0.25) is 0 Å². The Bertz CT molecular complexity index is 720. The van der Waals surface area contributed by atoms with Gasteiger partial charge in [0.25, 0.3) is 0 Å². The molecule has 0 saturated carbocycles. The molecule has 0 bridgehead atoms. The molecule has 0 amide bonds. The Morgan fingerprint density at radius 1 is 1.15 bits per heavy atom. The summed E-state index contributed by atoms with van der Waals surface area (Å²) >= 11 is 0. The van der Waals surface area contributed by atoms with Crippen molar-refractivity contribution in [2.24, 2.45) is 0 Å². The smallest absolute Gasteiger partial charge is 0.199 e. The maximum atomic E-state index is 12.6. The van der Waals surface area contributed by atoms with E-state index >= 15 is 0 Å². The van der Waals surface area contributed by atoms with Crippen LogP contribution in [0.4, 0.5) is 0 Å². The molecule has 0 fully saturated rings. The van der Waals surface area contributed by atoms with E-state index in [2.05, 4.69) is 9.97 Å². The maximum Gasteiger partial charge on any atom is 0.199 e. The molecule has 0 N–H and O–H groups in total. The fourth-order valence-corrected chi connectivity index (χ4v) is 2.36. The molecule has 100 valence electrons. The van der Waals surface area contributed by atoms with E-state index in [0.29, 0.717) is 29.2 Å². The summed E-state index contributed by atoms with van der Waals surface area (Å²) in [6, 6.07) is 7.46. The van der Waals surface area contributed by atoms with Gasteiger partial charge in [0, 0.05) is 17.3 Å². The highest BCUT2D eigenvalue weighted by molar-refractivity contribution is 6.38. The number of ether oxygens (including phenoxy) is 1. The highest BCUT2D eigenvalue weighted by Crippen LogP contribution is 2.38. The van der Waals surface area contributed by atoms with Crippen molar-refractivity contribution in [3.05, 3.63) is 59.2 Å². The zero-order valence-electron chi connectivity index (χ0n) is 11.4. The lowest BCUT2D eigenvalue weighted by atomic mass is 10.1. The van der Waals surface area contributed by atoms with E-state index < -0.39 is 0 Å². The van der Waals surface area contributed by atoms with Crippen LogP contribution in [-0.2, 0) is 4.74 Å². The molecule has 0 saturated heterocycles. The lowest BCUT2D eigenvalue weighted by Crippen LogP contribution is -2.02. The van der Waals surface area contributed by atoms with Gasteiger partial charge in [-0.25, -0.2) is 4.98 Å². The van der Waals surface area contributed by atoms with Crippen molar-refractivity contribution in [1.29, 1.82) is 0 Å². The number of Topliss-reactive ketones (excluding diaryl/α,β-unsaturated/α-hetero) is 1. The van der Waals surface area contributed by atoms with Gasteiger partial charge in [0.1, 0.15) is 5.76 Å². The van der Waals surface area contributed by atoms with Crippen LogP contribution in [0.5, 0.6) is 0 Å². The van der Waals surface area contributed by atoms with Gasteiger partial charge < -0.3 is 4.74 Å². The third kappa shape index (κ3) is 1.90. The van der Waals surface area contributed by atoms with Crippen LogP contribution in [0.25, 0.3) is 11.3 Å². The molecule has 1 aromatic heterocycles. The summed E-state index contributed by atoms with van der Waals surface area (Å²) in [4.78, 5) is 21.1. The minimum atomic E-state index is -0.0519. The summed E-state index contributed by atoms with van der Waals surface area (Å²) in [5.74, 6) is 0.553. The number of fused-ring (bicyclic) bond motifs is 1. The number of hydrogen-bond donors (Lipinski definition) is 0. The third-order valence-electron chi connectivity index (χ3n) is 3.17. The largest absolute Gasteiger partial charge is 0.492 e. The molecule has 4 heteroatoms. The van der Waals surface area contributed by atoms with Crippen LogP contribution in [0.3, 0.4) is 0 Å². The number of aryl methyl sites for hydroxylation is 1. The summed E-state index contributed by atoms with van der Waals surface area (Å²) in [5, 5.41) is 0. The maximum absolute atomic E-state index is 12.6. The molecule has 3 rings (SSSR count). The zero-order valence-corrected chi connectivity index (χ0v) is 11.4. The van der Waals surface area contributed by atoms with Gasteiger partial charge in [0.05, 0.1) is 29.8 Å². The first-order valence-corrected chi connectivity index (χ1v) is 6.52. The number of rotatable bonds is 3. The van der Waals surface area contributed by atoms with E-state index in [-0.39, 0.29) is 5.78 Å². The van der Waals surface area contributed by atoms with Crippen LogP contribution in [0.1, 0.15) is 34.2 Å². The Morgan fingerprint density at radius 2 is 1.90 bits per heavy atom. The van der Waals surface area contributed by atoms with Crippen molar-refractivity contribution < 1.29 is 9.53 Å². The Labute approximate surface area is 117 Å². The van der Waals surface area contributed by atoms with E-state index in [1.54, 1.807) is 12.4 Å². The van der Waals surface area contributed by atoms with Gasteiger partial charge in [0.2, 0.25) is 0 Å². The molecule has 1 aliphatic rings. The van der Waals surface area contributed by atoms with Crippen LogP contribution < -0.4 is 0 Å². The topological polar surface area (TPSA) is 52.1 Å². The fraction of sp³-hybridized carbons (Fsp3) is 0.188. The number of aromatic nitrogens is 2. The summed E-state index contributed by atoms with van der Waals surface area (Å²) in [7, 11) is 0. The summed E-state index contributed by atoms with van der Waals surface area (Å²) in [6.45, 7) is 4.25. The Kier molecular flexibility index (Phi) is 3.06. The number of nitrogens with zero attached hydrogens (tertiary/aromatic N) is 2. The summed E-state index contributed by atoms with van der Waals surface area (Å²) in [5.41, 5.74) is 3.33. The molecule has 1 aromatic carbocycles. The second kappa shape index (κ2) is 4.89. The van der Waals surface area contributed by atoms with Gasteiger partial charge in [-0.15, -0.1) is 0 Å². The average Bonchev–Trinajstić information content (AvgIpc) is 2.73. The van der Waals surface area contributed by atoms with E-state index in [4.69, 9.17) is 4.74 Å². The molecule has 0 aliphatic heterocycles. The molecular formula is C16H14N2O2. The summed E-state index contributed by atoms with van der Waals surface area (Å²) in [6.07, 6.45) is 3.27. The predicted octanol–water partition coefficient (Wildman–Crippen LogP) is 2.89. The van der Waals surface area contributed by atoms with Gasteiger partial charge in [-0.05, 0) is 13.8 Å². The molecule has 20 heavy (non-hydrogen) atoms. The highest BCUT2D eigenvalue weighted by atomic mass is 16.5. The van der Waals surface area contributed by atoms with Crippen LogP contribution in [0, 0.1) is 6.92 Å². The van der Waals surface area contributed by atoms with Gasteiger partial charge in [-0.3, -0.25) is 9.78 Å². The molecular weight excluding hydrogens is 252 g/mol. The molecule has 2 aromatic rings. The molecule has 0 atom stereocenters. The van der Waals surface area contributed by atoms with Gasteiger partial charge in [-0.2, -0.15) is 0 Å². The van der Waals surface area contributed by atoms with Gasteiger partial charge in [0.15, 0.2) is 5.78 Å². The number of hydrogen-bond acceptors (Lipinski definition) is 4. The van der Waals surface area contributed by atoms with E-state index in [1.165, 1.54) is 0 Å². The Balaban J connectivity index is 2.22. The molecule has 1 heterocycles. The zero-order chi connectivity index (χ0) is 14.1. The molecule has 0 unspecified atom stereocenters. The second-order valence-corrected chi connectivity index (χ2v) is 4.56. The first kappa shape index (κ1) is 12.5. The van der Waals surface area contributed by atoms with Crippen LogP contribution in [-0.4, -0.2) is 22.4 Å². The first-order valence-electron chi connectivity index (χ1n) is 6.52. The lowest BCUT2D eigenvalue weighted by molar-refractivity contribution is 0.105. The van der Waals surface area contributed by atoms with E-state index in [0.717, 1.165) is 11.3 Å². The standard InChI is InChI=1S/C16H14N2O2/c1-3-20-16-12-7-5-4-6-11(12)15(19)14(16)13-9-17-8-10(2)18-13/h4-9H,3H2,1-2H3. The highest BCUT2D eigenvalue weighted by Gasteiger charge is 2.32. The minimum Gasteiger partial charge on any atom is -0.492 e. The molecule has 0 radical (unpaired) electrons. The Hall–Kier alpha value is -2.49. The quantitative estimate of drug-likeness (QED) is 0.857. The molecule has 0 spiro atoms. The van der Waals surface area contributed by atoms with Crippen molar-refractivity contribution >= 4 is 17.1 Å². The number of carbonyl (C=O) groups excluding carboxylic acids is 1. The van der Waals surface area contributed by atoms with Crippen LogP contribution >= 0.6 is 0 Å². The predicted molar refractivity (Wildman–Crippen MR) is 76.0 cm³/mol. The van der Waals surface area contributed by atoms with Crippen molar-refractivity contribution in [3.63, 3.8) is 0 Å². The SMILES string of the molecule is CCOC1=C(c2cncc(C)n2)C(=O)c2ccccc21. The van der Waals surface area contributed by atoms with Gasteiger partial charge >= 0.3 is 0 Å². The fourth-order valence-electron chi connectivity index (χ4n) is 2.36.